The number of hydrogen-bond acceptors (Lipinski definition) is 4. The van der Waals surface area contributed by atoms with Gasteiger partial charge < -0.3 is 5.32 Å². The molecule has 0 radical (unpaired) electrons. The molecule has 0 fully saturated rings. The Morgan fingerprint density at radius 3 is 2.90 bits per heavy atom. The Morgan fingerprint density at radius 1 is 1.19 bits per heavy atom. The van der Waals surface area contributed by atoms with E-state index in [1.54, 1.807) is 23.5 Å². The molecule has 3 aromatic rings. The molecule has 2 heterocycles. The summed E-state index contributed by atoms with van der Waals surface area (Å²) in [6, 6.07) is 6.68. The van der Waals surface area contributed by atoms with Crippen LogP contribution in [0.4, 0.5) is 15.9 Å². The first kappa shape index (κ1) is 12.7. The number of anilines is 2. The van der Waals surface area contributed by atoms with Crippen LogP contribution in [0, 0.1) is 12.7 Å². The highest BCUT2D eigenvalue weighted by atomic mass is 32.1. The molecule has 0 bridgehead atoms. The van der Waals surface area contributed by atoms with Gasteiger partial charge in [-0.05, 0) is 43.9 Å². The first-order valence-corrected chi connectivity index (χ1v) is 7.84. The van der Waals surface area contributed by atoms with Crippen LogP contribution in [0.5, 0.6) is 0 Å². The summed E-state index contributed by atoms with van der Waals surface area (Å²) in [5.74, 6) is 1.16. The fraction of sp³-hybridized carbons (Fsp3) is 0.250. The van der Waals surface area contributed by atoms with Crippen LogP contribution in [0.3, 0.4) is 0 Å². The molecule has 3 nitrogen and oxygen atoms in total. The molecular formula is C16H14FN3S. The van der Waals surface area contributed by atoms with Gasteiger partial charge in [0.15, 0.2) is 0 Å². The molecule has 1 aliphatic rings. The monoisotopic (exact) mass is 299 g/mol. The van der Waals surface area contributed by atoms with Gasteiger partial charge in [0.2, 0.25) is 0 Å². The number of hydrogen-bond donors (Lipinski definition) is 1. The smallest absolute Gasteiger partial charge is 0.146 e. The van der Waals surface area contributed by atoms with Crippen LogP contribution in [0.1, 0.15) is 22.7 Å². The second kappa shape index (κ2) is 4.77. The van der Waals surface area contributed by atoms with E-state index in [9.17, 15) is 4.39 Å². The number of fused-ring (bicyclic) bond motifs is 3. The molecule has 1 aliphatic carbocycles. The molecule has 0 saturated carbocycles. The Bertz CT molecular complexity index is 841. The molecule has 106 valence electrons. The van der Waals surface area contributed by atoms with Crippen molar-refractivity contribution in [2.24, 2.45) is 0 Å². The molecule has 0 amide bonds. The summed E-state index contributed by atoms with van der Waals surface area (Å²) in [7, 11) is 0. The summed E-state index contributed by atoms with van der Waals surface area (Å²) in [5.41, 5.74) is 1.80. The predicted molar refractivity (Wildman–Crippen MR) is 83.9 cm³/mol. The van der Waals surface area contributed by atoms with Crippen LogP contribution < -0.4 is 5.32 Å². The van der Waals surface area contributed by atoms with E-state index in [1.807, 2.05) is 13.0 Å². The van der Waals surface area contributed by atoms with E-state index in [4.69, 9.17) is 0 Å². The molecule has 0 unspecified atom stereocenters. The molecule has 1 N–H and O–H groups in total. The summed E-state index contributed by atoms with van der Waals surface area (Å²) in [6.45, 7) is 1.87. The average molecular weight is 299 g/mol. The zero-order valence-electron chi connectivity index (χ0n) is 11.6. The zero-order chi connectivity index (χ0) is 14.4. The Hall–Kier alpha value is -2.01. The lowest BCUT2D eigenvalue weighted by Crippen LogP contribution is -2.00. The molecular weight excluding hydrogens is 285 g/mol. The molecule has 5 heteroatoms. The number of halogens is 1. The van der Waals surface area contributed by atoms with E-state index < -0.39 is 0 Å². The van der Waals surface area contributed by atoms with Crippen LogP contribution in [0.15, 0.2) is 24.3 Å². The zero-order valence-corrected chi connectivity index (χ0v) is 12.4. The predicted octanol–water partition coefficient (Wildman–Crippen LogP) is 4.37. The van der Waals surface area contributed by atoms with Crippen molar-refractivity contribution in [2.75, 3.05) is 5.32 Å². The Morgan fingerprint density at radius 2 is 2.05 bits per heavy atom. The van der Waals surface area contributed by atoms with E-state index >= 15 is 0 Å². The third-order valence-corrected chi connectivity index (χ3v) is 4.99. The summed E-state index contributed by atoms with van der Waals surface area (Å²) in [6.07, 6.45) is 3.37. The van der Waals surface area contributed by atoms with Gasteiger partial charge in [-0.1, -0.05) is 12.1 Å². The number of thiophene rings is 1. The molecule has 0 spiro atoms. The Labute approximate surface area is 125 Å². The second-order valence-corrected chi connectivity index (χ2v) is 6.35. The topological polar surface area (TPSA) is 37.8 Å². The third kappa shape index (κ3) is 2.08. The SMILES string of the molecule is Cc1nc(Nc2ccccc2F)c2c3c(sc2n1)CCC3. The van der Waals surface area contributed by atoms with Crippen molar-refractivity contribution in [1.29, 1.82) is 0 Å². The van der Waals surface area contributed by atoms with E-state index in [2.05, 4.69) is 15.3 Å². The maximum absolute atomic E-state index is 13.9. The number of nitrogens with one attached hydrogen (secondary N) is 1. The maximum Gasteiger partial charge on any atom is 0.146 e. The van der Waals surface area contributed by atoms with Gasteiger partial charge in [0.1, 0.15) is 22.3 Å². The van der Waals surface area contributed by atoms with Gasteiger partial charge in [0, 0.05) is 4.88 Å². The average Bonchev–Trinajstić information content (AvgIpc) is 3.01. The Balaban J connectivity index is 1.90. The summed E-state index contributed by atoms with van der Waals surface area (Å²) >= 11 is 1.74. The van der Waals surface area contributed by atoms with Crippen LogP contribution >= 0.6 is 11.3 Å². The quantitative estimate of drug-likeness (QED) is 0.763. The lowest BCUT2D eigenvalue weighted by atomic mass is 10.2. The number of aryl methyl sites for hydroxylation is 3. The van der Waals surface area contributed by atoms with E-state index in [-0.39, 0.29) is 5.82 Å². The molecule has 0 saturated heterocycles. The maximum atomic E-state index is 13.9. The summed E-state index contributed by atoms with van der Waals surface area (Å²) in [5, 5.41) is 4.22. The van der Waals surface area contributed by atoms with Gasteiger partial charge >= 0.3 is 0 Å². The molecule has 4 rings (SSSR count). The number of nitrogens with zero attached hydrogens (tertiary/aromatic N) is 2. The lowest BCUT2D eigenvalue weighted by Gasteiger charge is -2.09. The van der Waals surface area contributed by atoms with Crippen molar-refractivity contribution in [3.05, 3.63) is 46.3 Å². The normalized spacial score (nSPS) is 13.6. The van der Waals surface area contributed by atoms with E-state index in [0.29, 0.717) is 11.5 Å². The van der Waals surface area contributed by atoms with Gasteiger partial charge in [0.25, 0.3) is 0 Å². The number of aromatic nitrogens is 2. The van der Waals surface area contributed by atoms with Crippen LogP contribution in [0.25, 0.3) is 10.2 Å². The van der Waals surface area contributed by atoms with Crippen LogP contribution in [-0.4, -0.2) is 9.97 Å². The van der Waals surface area contributed by atoms with E-state index in [0.717, 1.165) is 28.9 Å². The molecule has 1 aromatic carbocycles. The van der Waals surface area contributed by atoms with Crippen molar-refractivity contribution in [1.82, 2.24) is 9.97 Å². The van der Waals surface area contributed by atoms with Crippen LogP contribution in [0.2, 0.25) is 0 Å². The van der Waals surface area contributed by atoms with Crippen molar-refractivity contribution in [2.45, 2.75) is 26.2 Å². The van der Waals surface area contributed by atoms with Crippen molar-refractivity contribution >= 4 is 33.1 Å². The highest BCUT2D eigenvalue weighted by molar-refractivity contribution is 7.19. The number of benzene rings is 1. The number of para-hydroxylation sites is 1. The van der Waals surface area contributed by atoms with Crippen molar-refractivity contribution in [3.63, 3.8) is 0 Å². The third-order valence-electron chi connectivity index (χ3n) is 3.80. The number of rotatable bonds is 2. The van der Waals surface area contributed by atoms with Gasteiger partial charge in [-0.25, -0.2) is 14.4 Å². The molecule has 0 aliphatic heterocycles. The Kier molecular flexibility index (Phi) is 2.89. The highest BCUT2D eigenvalue weighted by Gasteiger charge is 2.22. The van der Waals surface area contributed by atoms with Gasteiger partial charge in [-0.2, -0.15) is 0 Å². The largest absolute Gasteiger partial charge is 0.337 e. The highest BCUT2D eigenvalue weighted by Crippen LogP contribution is 2.40. The van der Waals surface area contributed by atoms with Crippen molar-refractivity contribution < 1.29 is 4.39 Å². The molecule has 2 aromatic heterocycles. The molecule has 0 atom stereocenters. The summed E-state index contributed by atoms with van der Waals surface area (Å²) < 4.78 is 13.9. The fourth-order valence-electron chi connectivity index (χ4n) is 2.88. The summed E-state index contributed by atoms with van der Waals surface area (Å²) in [4.78, 5) is 11.5. The minimum absolute atomic E-state index is 0.270. The van der Waals surface area contributed by atoms with Crippen LogP contribution in [-0.2, 0) is 12.8 Å². The first-order valence-electron chi connectivity index (χ1n) is 7.03. The van der Waals surface area contributed by atoms with Gasteiger partial charge in [-0.3, -0.25) is 0 Å². The van der Waals surface area contributed by atoms with Gasteiger partial charge in [0.05, 0.1) is 11.1 Å². The molecule has 21 heavy (non-hydrogen) atoms. The van der Waals surface area contributed by atoms with Gasteiger partial charge in [-0.15, -0.1) is 11.3 Å². The first-order chi connectivity index (χ1) is 10.2. The fourth-order valence-corrected chi connectivity index (χ4v) is 4.19. The standard InChI is InChI=1S/C16H14FN3S/c1-9-18-15(20-12-7-3-2-6-11(12)17)14-10-5-4-8-13(10)21-16(14)19-9/h2-3,6-7H,4-5,8H2,1H3,(H,18,19,20). The minimum atomic E-state index is -0.270. The van der Waals surface area contributed by atoms with Crippen molar-refractivity contribution in [3.8, 4) is 0 Å². The van der Waals surface area contributed by atoms with E-state index in [1.165, 1.54) is 22.9 Å². The minimum Gasteiger partial charge on any atom is -0.337 e. The lowest BCUT2D eigenvalue weighted by molar-refractivity contribution is 0.632. The second-order valence-electron chi connectivity index (χ2n) is 5.26.